The summed E-state index contributed by atoms with van der Waals surface area (Å²) in [6.07, 6.45) is 3.22. The quantitative estimate of drug-likeness (QED) is 0.834. The highest BCUT2D eigenvalue weighted by Gasteiger charge is 2.43. The minimum Gasteiger partial charge on any atom is -0.341 e. The van der Waals surface area contributed by atoms with E-state index >= 15 is 0 Å². The van der Waals surface area contributed by atoms with Gasteiger partial charge in [0.15, 0.2) is 0 Å². The van der Waals surface area contributed by atoms with E-state index in [9.17, 15) is 4.79 Å². The number of nitrogens with two attached hydrogens (primary N) is 1. The predicted molar refractivity (Wildman–Crippen MR) is 75.8 cm³/mol. The summed E-state index contributed by atoms with van der Waals surface area (Å²) in [6.45, 7) is 3.89. The first-order valence-electron chi connectivity index (χ1n) is 6.75. The van der Waals surface area contributed by atoms with Crippen LogP contribution in [0, 0.1) is 11.8 Å². The van der Waals surface area contributed by atoms with Gasteiger partial charge in [-0.25, -0.2) is 0 Å². The molecule has 0 aromatic rings. The monoisotopic (exact) mass is 275 g/mol. The van der Waals surface area contributed by atoms with Crippen molar-refractivity contribution in [3.63, 3.8) is 0 Å². The topological polar surface area (TPSA) is 49.6 Å². The van der Waals surface area contributed by atoms with Crippen LogP contribution in [0.1, 0.15) is 26.2 Å². The van der Waals surface area contributed by atoms with Crippen LogP contribution in [0.4, 0.5) is 0 Å². The maximum absolute atomic E-state index is 12.4. The lowest BCUT2D eigenvalue weighted by atomic mass is 9.98. The fourth-order valence-electron chi connectivity index (χ4n) is 3.46. The Bertz CT molecular complexity index is 298. The van der Waals surface area contributed by atoms with Crippen LogP contribution in [0.15, 0.2) is 0 Å². The molecule has 5 heteroatoms. The highest BCUT2D eigenvalue weighted by Crippen LogP contribution is 2.37. The number of carbonyl (C=O) groups is 1. The number of nitrogens with zero attached hydrogens (tertiary/aromatic N) is 2. The maximum atomic E-state index is 12.4. The van der Waals surface area contributed by atoms with Gasteiger partial charge < -0.3 is 10.6 Å². The normalized spacial score (nSPS) is 32.3. The molecule has 1 aliphatic heterocycles. The molecule has 2 fully saturated rings. The summed E-state index contributed by atoms with van der Waals surface area (Å²) in [5, 5.41) is 0. The zero-order valence-corrected chi connectivity index (χ0v) is 12.4. The van der Waals surface area contributed by atoms with Crippen molar-refractivity contribution in [2.45, 2.75) is 38.3 Å². The summed E-state index contributed by atoms with van der Waals surface area (Å²) in [6, 6.07) is 0.349. The lowest BCUT2D eigenvalue weighted by molar-refractivity contribution is -0.135. The summed E-state index contributed by atoms with van der Waals surface area (Å²) >= 11 is 0. The first kappa shape index (κ1) is 15.7. The number of fused-ring (bicyclic) bond motifs is 1. The minimum absolute atomic E-state index is 0. The Kier molecular flexibility index (Phi) is 5.44. The van der Waals surface area contributed by atoms with Crippen LogP contribution in [-0.2, 0) is 4.79 Å². The van der Waals surface area contributed by atoms with E-state index in [1.165, 1.54) is 6.42 Å². The van der Waals surface area contributed by atoms with Crippen molar-refractivity contribution in [1.82, 2.24) is 9.80 Å². The minimum atomic E-state index is 0. The molecule has 2 aliphatic rings. The summed E-state index contributed by atoms with van der Waals surface area (Å²) in [4.78, 5) is 16.5. The lowest BCUT2D eigenvalue weighted by Crippen LogP contribution is -2.45. The number of likely N-dealkylation sites (N-methyl/N-ethyl adjacent to an activating group) is 1. The van der Waals surface area contributed by atoms with Gasteiger partial charge in [0.1, 0.15) is 0 Å². The van der Waals surface area contributed by atoms with E-state index in [1.54, 1.807) is 0 Å². The second-order valence-electron chi connectivity index (χ2n) is 5.80. The molecule has 1 amide bonds. The third-order valence-corrected chi connectivity index (χ3v) is 4.52. The summed E-state index contributed by atoms with van der Waals surface area (Å²) in [7, 11) is 3.96. The van der Waals surface area contributed by atoms with E-state index in [4.69, 9.17) is 5.73 Å². The zero-order valence-electron chi connectivity index (χ0n) is 11.6. The number of hydrogen-bond donors (Lipinski definition) is 1. The summed E-state index contributed by atoms with van der Waals surface area (Å²) in [5.74, 6) is 1.51. The third-order valence-electron chi connectivity index (χ3n) is 4.52. The van der Waals surface area contributed by atoms with Crippen molar-refractivity contribution in [2.24, 2.45) is 17.6 Å². The summed E-state index contributed by atoms with van der Waals surface area (Å²) < 4.78 is 0. The Labute approximate surface area is 116 Å². The number of likely N-dealkylation sites (tertiary alicyclic amines) is 1. The number of amides is 1. The predicted octanol–water partition coefficient (Wildman–Crippen LogP) is 0.944. The van der Waals surface area contributed by atoms with Gasteiger partial charge in [-0.2, -0.15) is 0 Å². The fourth-order valence-corrected chi connectivity index (χ4v) is 3.46. The molecule has 18 heavy (non-hydrogen) atoms. The Hall–Kier alpha value is -0.320. The molecular formula is C13H26ClN3O. The average Bonchev–Trinajstić information content (AvgIpc) is 2.81. The Balaban J connectivity index is 0.00000162. The van der Waals surface area contributed by atoms with Crippen molar-refractivity contribution in [2.75, 3.05) is 27.2 Å². The van der Waals surface area contributed by atoms with Crippen molar-refractivity contribution in [3.8, 4) is 0 Å². The van der Waals surface area contributed by atoms with Gasteiger partial charge in [-0.15, -0.1) is 12.4 Å². The van der Waals surface area contributed by atoms with Crippen LogP contribution < -0.4 is 5.73 Å². The van der Waals surface area contributed by atoms with Gasteiger partial charge in [-0.05, 0) is 45.2 Å². The van der Waals surface area contributed by atoms with Crippen LogP contribution in [0.5, 0.6) is 0 Å². The average molecular weight is 276 g/mol. The maximum Gasteiger partial charge on any atom is 0.239 e. The Morgan fingerprint density at radius 1 is 1.39 bits per heavy atom. The van der Waals surface area contributed by atoms with Gasteiger partial charge in [-0.3, -0.25) is 9.69 Å². The van der Waals surface area contributed by atoms with Crippen LogP contribution in [-0.4, -0.2) is 55.0 Å². The van der Waals surface area contributed by atoms with Crippen molar-refractivity contribution >= 4 is 18.3 Å². The van der Waals surface area contributed by atoms with Crippen molar-refractivity contribution < 1.29 is 4.79 Å². The third kappa shape index (κ3) is 2.81. The second-order valence-corrected chi connectivity index (χ2v) is 5.80. The molecule has 1 heterocycles. The van der Waals surface area contributed by atoms with Gasteiger partial charge >= 0.3 is 0 Å². The molecule has 106 valence electrons. The molecule has 0 spiro atoms. The Morgan fingerprint density at radius 2 is 2.06 bits per heavy atom. The van der Waals surface area contributed by atoms with Gasteiger partial charge in [0.05, 0.1) is 6.04 Å². The molecule has 0 aromatic carbocycles. The lowest BCUT2D eigenvalue weighted by Gasteiger charge is -2.28. The summed E-state index contributed by atoms with van der Waals surface area (Å²) in [5.41, 5.74) is 6.10. The number of carbonyl (C=O) groups excluding carboxylic acids is 1. The molecule has 1 saturated heterocycles. The number of rotatable bonds is 3. The van der Waals surface area contributed by atoms with Crippen LogP contribution >= 0.6 is 12.4 Å². The molecule has 4 atom stereocenters. The van der Waals surface area contributed by atoms with Gasteiger partial charge in [0.25, 0.3) is 0 Å². The molecule has 2 N–H and O–H groups in total. The van der Waals surface area contributed by atoms with E-state index in [-0.39, 0.29) is 18.4 Å². The Morgan fingerprint density at radius 3 is 2.56 bits per heavy atom. The number of halogens is 1. The van der Waals surface area contributed by atoms with Crippen LogP contribution in [0.2, 0.25) is 0 Å². The largest absolute Gasteiger partial charge is 0.341 e. The molecular weight excluding hydrogens is 250 g/mol. The van der Waals surface area contributed by atoms with Crippen molar-refractivity contribution in [3.05, 3.63) is 0 Å². The van der Waals surface area contributed by atoms with E-state index in [0.29, 0.717) is 23.8 Å². The van der Waals surface area contributed by atoms with Crippen LogP contribution in [0.3, 0.4) is 0 Å². The van der Waals surface area contributed by atoms with E-state index in [2.05, 4.69) is 6.92 Å². The highest BCUT2D eigenvalue weighted by atomic mass is 35.5. The number of hydrogen-bond acceptors (Lipinski definition) is 3. The van der Waals surface area contributed by atoms with E-state index < -0.39 is 0 Å². The smallest absolute Gasteiger partial charge is 0.239 e. The second kappa shape index (κ2) is 6.22. The van der Waals surface area contributed by atoms with Gasteiger partial charge in [-0.1, -0.05) is 6.92 Å². The molecule has 1 saturated carbocycles. The molecule has 0 bridgehead atoms. The molecule has 4 nitrogen and oxygen atoms in total. The fraction of sp³-hybridized carbons (Fsp3) is 0.923. The standard InChI is InChI=1S/C13H25N3O.ClH/c1-4-12(15(2)3)13(17)16-7-9-5-6-11(14)10(9)8-16;/h9-12H,4-8,14H2,1-3H3;1H. The van der Waals surface area contributed by atoms with Crippen molar-refractivity contribution in [1.29, 1.82) is 0 Å². The highest BCUT2D eigenvalue weighted by molar-refractivity contribution is 5.85. The van der Waals surface area contributed by atoms with Gasteiger partial charge in [0.2, 0.25) is 5.91 Å². The molecule has 1 aliphatic carbocycles. The van der Waals surface area contributed by atoms with E-state index in [1.807, 2.05) is 23.9 Å². The first-order valence-corrected chi connectivity index (χ1v) is 6.75. The SMILES string of the molecule is CCC(C(=O)N1CC2CCC(N)C2C1)N(C)C.Cl. The van der Waals surface area contributed by atoms with Crippen LogP contribution in [0.25, 0.3) is 0 Å². The molecule has 4 unspecified atom stereocenters. The molecule has 2 rings (SSSR count). The molecule has 0 aromatic heterocycles. The zero-order chi connectivity index (χ0) is 12.6. The van der Waals surface area contributed by atoms with Gasteiger partial charge in [0, 0.05) is 19.1 Å². The first-order chi connectivity index (χ1) is 8.04. The van der Waals surface area contributed by atoms with E-state index in [0.717, 1.165) is 25.9 Å². The molecule has 0 radical (unpaired) electrons.